The molecule has 0 saturated carbocycles. The topological polar surface area (TPSA) is 104 Å². The van der Waals surface area contributed by atoms with Crippen LogP contribution in [0.1, 0.15) is 31.1 Å². The summed E-state index contributed by atoms with van der Waals surface area (Å²) in [7, 11) is 2.91. The van der Waals surface area contributed by atoms with E-state index in [9.17, 15) is 9.50 Å². The molecule has 1 aliphatic rings. The Hall–Kier alpha value is -3.14. The minimum absolute atomic E-state index is 0.0829. The second-order valence-corrected chi connectivity index (χ2v) is 6.69. The number of benzene rings is 1. The first-order valence-electron chi connectivity index (χ1n) is 9.30. The predicted octanol–water partition coefficient (Wildman–Crippen LogP) is 3.00. The Morgan fingerprint density at radius 1 is 1.24 bits per heavy atom. The number of nitrogens with zero attached hydrogens (tertiary/aromatic N) is 4. The molecule has 4 rings (SSSR count). The molecule has 29 heavy (non-hydrogen) atoms. The number of methoxy groups -OCH3 is 2. The van der Waals surface area contributed by atoms with Crippen LogP contribution in [0.3, 0.4) is 0 Å². The highest BCUT2D eigenvalue weighted by Gasteiger charge is 2.21. The van der Waals surface area contributed by atoms with Gasteiger partial charge < -0.3 is 24.6 Å². The lowest BCUT2D eigenvalue weighted by Crippen LogP contribution is -2.18. The molecule has 2 N–H and O–H groups in total. The van der Waals surface area contributed by atoms with E-state index in [4.69, 9.17) is 14.2 Å². The van der Waals surface area contributed by atoms with Crippen LogP contribution in [0.2, 0.25) is 0 Å². The average molecular weight is 403 g/mol. The summed E-state index contributed by atoms with van der Waals surface area (Å²) in [5, 5.41) is 13.1. The number of imidazole rings is 1. The highest BCUT2D eigenvalue weighted by atomic mass is 19.1. The maximum absolute atomic E-state index is 14.1. The molecule has 1 saturated heterocycles. The van der Waals surface area contributed by atoms with Gasteiger partial charge in [0.15, 0.2) is 28.5 Å². The lowest BCUT2D eigenvalue weighted by atomic mass is 10.2. The normalized spacial score (nSPS) is 16.7. The first-order chi connectivity index (χ1) is 14.1. The SMILES string of the molecule is COc1cc(CNc2nc(F)nc3c2ncn3C2CCCCO2)cc(OC)c1O. The van der Waals surface area contributed by atoms with Gasteiger partial charge in [-0.1, -0.05) is 0 Å². The van der Waals surface area contributed by atoms with Gasteiger partial charge in [-0.15, -0.1) is 0 Å². The standard InChI is InChI=1S/C19H22FN5O4/c1-27-12-7-11(8-13(28-2)16(12)26)9-21-17-15-18(24-19(20)23-17)25(10-22-15)14-5-3-4-6-29-14/h7-8,10,14,26H,3-6,9H2,1-2H3,(H,21,23,24). The Kier molecular flexibility index (Phi) is 5.34. The Bertz CT molecular complexity index is 994. The molecule has 1 atom stereocenters. The molecule has 0 radical (unpaired) electrons. The number of halogens is 1. The van der Waals surface area contributed by atoms with E-state index in [1.807, 2.05) is 0 Å². The van der Waals surface area contributed by atoms with E-state index in [-0.39, 0.29) is 35.8 Å². The third-order valence-electron chi connectivity index (χ3n) is 4.86. The number of phenolic OH excluding ortho intramolecular Hbond substituents is 1. The van der Waals surface area contributed by atoms with Gasteiger partial charge >= 0.3 is 6.08 Å². The van der Waals surface area contributed by atoms with Crippen LogP contribution in [-0.2, 0) is 11.3 Å². The molecular formula is C19H22FN5O4. The molecule has 0 bridgehead atoms. The summed E-state index contributed by atoms with van der Waals surface area (Å²) in [6, 6.07) is 3.32. The molecule has 154 valence electrons. The molecule has 2 aromatic heterocycles. The highest BCUT2D eigenvalue weighted by molar-refractivity contribution is 5.82. The van der Waals surface area contributed by atoms with Gasteiger partial charge in [-0.05, 0) is 37.0 Å². The zero-order chi connectivity index (χ0) is 20.4. The van der Waals surface area contributed by atoms with Gasteiger partial charge in [-0.25, -0.2) is 4.98 Å². The van der Waals surface area contributed by atoms with E-state index in [1.165, 1.54) is 14.2 Å². The van der Waals surface area contributed by atoms with Crippen molar-refractivity contribution in [1.29, 1.82) is 0 Å². The number of rotatable bonds is 6. The lowest BCUT2D eigenvalue weighted by molar-refractivity contribution is -0.0298. The van der Waals surface area contributed by atoms with E-state index in [2.05, 4.69) is 20.3 Å². The number of fused-ring (bicyclic) bond motifs is 1. The minimum Gasteiger partial charge on any atom is -0.502 e. The summed E-state index contributed by atoms with van der Waals surface area (Å²) in [6.07, 6.45) is 3.42. The number of phenols is 1. The van der Waals surface area contributed by atoms with E-state index >= 15 is 0 Å². The van der Waals surface area contributed by atoms with E-state index in [1.54, 1.807) is 23.0 Å². The smallest absolute Gasteiger partial charge is 0.312 e. The van der Waals surface area contributed by atoms with Crippen molar-refractivity contribution >= 4 is 17.0 Å². The molecule has 1 aliphatic heterocycles. The van der Waals surface area contributed by atoms with Crippen LogP contribution >= 0.6 is 0 Å². The summed E-state index contributed by atoms with van der Waals surface area (Å²) >= 11 is 0. The van der Waals surface area contributed by atoms with Crippen LogP contribution in [0.15, 0.2) is 18.5 Å². The fraction of sp³-hybridized carbons (Fsp3) is 0.421. The molecule has 3 aromatic rings. The van der Waals surface area contributed by atoms with Gasteiger partial charge in [0.25, 0.3) is 0 Å². The second-order valence-electron chi connectivity index (χ2n) is 6.69. The first-order valence-corrected chi connectivity index (χ1v) is 9.30. The van der Waals surface area contributed by atoms with Gasteiger partial charge in [-0.3, -0.25) is 4.57 Å². The molecular weight excluding hydrogens is 381 g/mol. The third kappa shape index (κ3) is 3.75. The number of hydrogen-bond acceptors (Lipinski definition) is 8. The van der Waals surface area contributed by atoms with Crippen molar-refractivity contribution < 1.29 is 23.7 Å². The van der Waals surface area contributed by atoms with Crippen molar-refractivity contribution in [3.8, 4) is 17.2 Å². The summed E-state index contributed by atoms with van der Waals surface area (Å²) < 4.78 is 32.0. The predicted molar refractivity (Wildman–Crippen MR) is 103 cm³/mol. The number of hydrogen-bond donors (Lipinski definition) is 2. The van der Waals surface area contributed by atoms with Gasteiger partial charge in [-0.2, -0.15) is 14.4 Å². The molecule has 0 aliphatic carbocycles. The largest absolute Gasteiger partial charge is 0.502 e. The maximum Gasteiger partial charge on any atom is 0.312 e. The average Bonchev–Trinajstić information content (AvgIpc) is 3.17. The first kappa shape index (κ1) is 19.2. The molecule has 0 spiro atoms. The van der Waals surface area contributed by atoms with Crippen molar-refractivity contribution in [3.63, 3.8) is 0 Å². The van der Waals surface area contributed by atoms with Crippen LogP contribution in [-0.4, -0.2) is 45.5 Å². The van der Waals surface area contributed by atoms with Crippen LogP contribution in [0.25, 0.3) is 11.2 Å². The quantitative estimate of drug-likeness (QED) is 0.606. The monoisotopic (exact) mass is 403 g/mol. The molecule has 10 heteroatoms. The molecule has 0 amide bonds. The highest BCUT2D eigenvalue weighted by Crippen LogP contribution is 2.37. The molecule has 1 unspecified atom stereocenters. The Morgan fingerprint density at radius 2 is 2.00 bits per heavy atom. The summed E-state index contributed by atoms with van der Waals surface area (Å²) in [5.74, 6) is 0.742. The van der Waals surface area contributed by atoms with Crippen molar-refractivity contribution in [2.75, 3.05) is 26.1 Å². The fourth-order valence-electron chi connectivity index (χ4n) is 3.40. The summed E-state index contributed by atoms with van der Waals surface area (Å²) in [4.78, 5) is 12.2. The Morgan fingerprint density at radius 3 is 2.66 bits per heavy atom. The van der Waals surface area contributed by atoms with Crippen molar-refractivity contribution in [3.05, 3.63) is 30.1 Å². The number of aromatic hydroxyl groups is 1. The van der Waals surface area contributed by atoms with Gasteiger partial charge in [0.05, 0.1) is 20.5 Å². The van der Waals surface area contributed by atoms with Crippen molar-refractivity contribution in [2.24, 2.45) is 0 Å². The molecule has 3 heterocycles. The second kappa shape index (κ2) is 8.08. The van der Waals surface area contributed by atoms with Crippen molar-refractivity contribution in [2.45, 2.75) is 32.0 Å². The van der Waals surface area contributed by atoms with Gasteiger partial charge in [0.1, 0.15) is 6.23 Å². The van der Waals surface area contributed by atoms with E-state index < -0.39 is 6.08 Å². The van der Waals surface area contributed by atoms with E-state index in [0.717, 1.165) is 24.8 Å². The minimum atomic E-state index is -0.849. The zero-order valence-electron chi connectivity index (χ0n) is 16.2. The van der Waals surface area contributed by atoms with Gasteiger partial charge in [0, 0.05) is 13.2 Å². The molecule has 1 aromatic carbocycles. The number of anilines is 1. The zero-order valence-corrected chi connectivity index (χ0v) is 16.2. The third-order valence-corrected chi connectivity index (χ3v) is 4.86. The van der Waals surface area contributed by atoms with Crippen LogP contribution in [0, 0.1) is 6.08 Å². The van der Waals surface area contributed by atoms with Gasteiger partial charge in [0.2, 0.25) is 5.75 Å². The summed E-state index contributed by atoms with van der Waals surface area (Å²) in [5.41, 5.74) is 1.59. The Balaban J connectivity index is 1.62. The van der Waals surface area contributed by atoms with Crippen LogP contribution in [0.5, 0.6) is 17.2 Å². The molecule has 1 fully saturated rings. The van der Waals surface area contributed by atoms with Crippen LogP contribution < -0.4 is 14.8 Å². The lowest BCUT2D eigenvalue weighted by Gasteiger charge is -2.23. The Labute approximate surface area is 166 Å². The van der Waals surface area contributed by atoms with Crippen molar-refractivity contribution in [1.82, 2.24) is 19.5 Å². The van der Waals surface area contributed by atoms with Crippen LogP contribution in [0.4, 0.5) is 10.2 Å². The molecule has 9 nitrogen and oxygen atoms in total. The number of ether oxygens (including phenoxy) is 3. The number of nitrogens with one attached hydrogen (secondary N) is 1. The fourth-order valence-corrected chi connectivity index (χ4v) is 3.40. The van der Waals surface area contributed by atoms with E-state index in [0.29, 0.717) is 17.8 Å². The number of aromatic nitrogens is 4. The maximum atomic E-state index is 14.1. The summed E-state index contributed by atoms with van der Waals surface area (Å²) in [6.45, 7) is 0.943.